The molecule has 3 rings (SSSR count). The Balaban J connectivity index is 1.57. The second-order valence-corrected chi connectivity index (χ2v) is 6.87. The van der Waals surface area contributed by atoms with Crippen LogP contribution in [0.1, 0.15) is 33.1 Å². The van der Waals surface area contributed by atoms with Gasteiger partial charge in [0.25, 0.3) is 0 Å². The molecule has 2 aliphatic heterocycles. The highest BCUT2D eigenvalue weighted by molar-refractivity contribution is 6.05. The quantitative estimate of drug-likeness (QED) is 0.825. The molecule has 0 aliphatic carbocycles. The lowest BCUT2D eigenvalue weighted by Gasteiger charge is -2.47. The highest BCUT2D eigenvalue weighted by Gasteiger charge is 2.31. The van der Waals surface area contributed by atoms with Crippen molar-refractivity contribution in [2.24, 2.45) is 0 Å². The SMILES string of the molecule is CCCN(CCC)C1CN(c2ccc(N3CCC(=O)NC3=O)cc2)C1. The molecule has 0 spiro atoms. The van der Waals surface area contributed by atoms with Crippen LogP contribution in [0.25, 0.3) is 0 Å². The summed E-state index contributed by atoms with van der Waals surface area (Å²) < 4.78 is 0. The van der Waals surface area contributed by atoms with Crippen LogP contribution < -0.4 is 15.1 Å². The van der Waals surface area contributed by atoms with Crippen LogP contribution in [0.3, 0.4) is 0 Å². The van der Waals surface area contributed by atoms with E-state index in [-0.39, 0.29) is 11.9 Å². The Bertz CT molecular complexity index is 604. The summed E-state index contributed by atoms with van der Waals surface area (Å²) in [5.41, 5.74) is 2.03. The summed E-state index contributed by atoms with van der Waals surface area (Å²) in [6, 6.07) is 8.39. The van der Waals surface area contributed by atoms with Gasteiger partial charge in [0.2, 0.25) is 5.91 Å². The van der Waals surface area contributed by atoms with Gasteiger partial charge in [-0.25, -0.2) is 4.79 Å². The molecule has 0 bridgehead atoms. The van der Waals surface area contributed by atoms with Crippen molar-refractivity contribution in [3.8, 4) is 0 Å². The summed E-state index contributed by atoms with van der Waals surface area (Å²) in [6.45, 7) is 9.40. The maximum Gasteiger partial charge on any atom is 0.328 e. The van der Waals surface area contributed by atoms with E-state index >= 15 is 0 Å². The van der Waals surface area contributed by atoms with E-state index in [0.717, 1.165) is 18.8 Å². The lowest BCUT2D eigenvalue weighted by molar-refractivity contribution is -0.120. The molecule has 0 radical (unpaired) electrons. The minimum Gasteiger partial charge on any atom is -0.368 e. The molecule has 0 unspecified atom stereocenters. The van der Waals surface area contributed by atoms with Crippen LogP contribution in [0, 0.1) is 0 Å². The summed E-state index contributed by atoms with van der Waals surface area (Å²) in [5.74, 6) is -0.201. The van der Waals surface area contributed by atoms with Gasteiger partial charge in [-0.1, -0.05) is 13.8 Å². The largest absolute Gasteiger partial charge is 0.368 e. The van der Waals surface area contributed by atoms with E-state index in [2.05, 4.69) is 41.1 Å². The molecule has 1 aromatic rings. The van der Waals surface area contributed by atoms with Crippen LogP contribution >= 0.6 is 0 Å². The van der Waals surface area contributed by atoms with Gasteiger partial charge in [-0.15, -0.1) is 0 Å². The number of hydrogen-bond donors (Lipinski definition) is 1. The average Bonchev–Trinajstić information content (AvgIpc) is 2.55. The maximum absolute atomic E-state index is 11.9. The van der Waals surface area contributed by atoms with Crippen LogP contribution in [0.15, 0.2) is 24.3 Å². The fraction of sp³-hybridized carbons (Fsp3) is 0.579. The van der Waals surface area contributed by atoms with E-state index in [1.54, 1.807) is 4.90 Å². The number of imide groups is 1. The highest BCUT2D eigenvalue weighted by Crippen LogP contribution is 2.27. The number of nitrogens with one attached hydrogen (secondary N) is 1. The molecule has 136 valence electrons. The molecule has 0 atom stereocenters. The summed E-state index contributed by atoms with van der Waals surface area (Å²) in [6.07, 6.45) is 2.75. The second kappa shape index (κ2) is 7.87. The number of anilines is 2. The van der Waals surface area contributed by atoms with E-state index in [4.69, 9.17) is 0 Å². The molecule has 0 aromatic heterocycles. The molecule has 2 heterocycles. The van der Waals surface area contributed by atoms with Gasteiger partial charge in [0, 0.05) is 43.5 Å². The normalized spacial score (nSPS) is 18.5. The number of carbonyl (C=O) groups excluding carboxylic acids is 2. The topological polar surface area (TPSA) is 55.9 Å². The molecule has 2 aliphatic rings. The number of hydrogen-bond acceptors (Lipinski definition) is 4. The Morgan fingerprint density at radius 1 is 1.04 bits per heavy atom. The molecule has 2 fully saturated rings. The van der Waals surface area contributed by atoms with Gasteiger partial charge in [0.1, 0.15) is 0 Å². The second-order valence-electron chi connectivity index (χ2n) is 6.87. The third-order valence-electron chi connectivity index (χ3n) is 4.98. The number of carbonyl (C=O) groups is 2. The summed E-state index contributed by atoms with van der Waals surface area (Å²) in [5, 5.41) is 2.36. The van der Waals surface area contributed by atoms with Gasteiger partial charge in [0.05, 0.1) is 0 Å². The molecular weight excluding hydrogens is 316 g/mol. The predicted molar refractivity (Wildman–Crippen MR) is 100 cm³/mol. The number of amides is 3. The van der Waals surface area contributed by atoms with Gasteiger partial charge in [-0.3, -0.25) is 19.9 Å². The van der Waals surface area contributed by atoms with Gasteiger partial charge in [0.15, 0.2) is 0 Å². The minimum absolute atomic E-state index is 0.201. The summed E-state index contributed by atoms with van der Waals surface area (Å²) in [7, 11) is 0. The number of benzene rings is 1. The first-order valence-corrected chi connectivity index (χ1v) is 9.32. The van der Waals surface area contributed by atoms with E-state index in [1.807, 2.05) is 12.1 Å². The number of nitrogens with zero attached hydrogens (tertiary/aromatic N) is 3. The van der Waals surface area contributed by atoms with Gasteiger partial charge in [-0.05, 0) is 50.2 Å². The third kappa shape index (κ3) is 3.95. The number of urea groups is 1. The molecule has 2 saturated heterocycles. The standard InChI is InChI=1S/C19H28N4O2/c1-3-10-21(11-4-2)17-13-22(14-17)15-5-7-16(8-6-15)23-12-9-18(24)20-19(23)25/h5-8,17H,3-4,9-14H2,1-2H3,(H,20,24,25). The smallest absolute Gasteiger partial charge is 0.328 e. The van der Waals surface area contributed by atoms with Crippen molar-refractivity contribution >= 4 is 23.3 Å². The molecule has 1 aromatic carbocycles. The van der Waals surface area contributed by atoms with Gasteiger partial charge in [-0.2, -0.15) is 0 Å². The minimum atomic E-state index is -0.331. The van der Waals surface area contributed by atoms with Crippen molar-refractivity contribution < 1.29 is 9.59 Å². The zero-order valence-corrected chi connectivity index (χ0v) is 15.2. The van der Waals surface area contributed by atoms with E-state index in [9.17, 15) is 9.59 Å². The first-order valence-electron chi connectivity index (χ1n) is 9.32. The van der Waals surface area contributed by atoms with Gasteiger partial charge < -0.3 is 4.90 Å². The van der Waals surface area contributed by atoms with Crippen LogP contribution in [0.4, 0.5) is 16.2 Å². The molecule has 6 heteroatoms. The van der Waals surface area contributed by atoms with Crippen molar-refractivity contribution in [1.82, 2.24) is 10.2 Å². The first kappa shape index (κ1) is 17.7. The van der Waals surface area contributed by atoms with Crippen molar-refractivity contribution in [3.05, 3.63) is 24.3 Å². The van der Waals surface area contributed by atoms with Crippen LogP contribution in [0.5, 0.6) is 0 Å². The average molecular weight is 344 g/mol. The molecule has 25 heavy (non-hydrogen) atoms. The van der Waals surface area contributed by atoms with Crippen LogP contribution in [-0.4, -0.2) is 55.6 Å². The van der Waals surface area contributed by atoms with E-state index in [1.165, 1.54) is 31.6 Å². The van der Waals surface area contributed by atoms with Crippen molar-refractivity contribution in [3.63, 3.8) is 0 Å². The lowest BCUT2D eigenvalue weighted by Crippen LogP contribution is -2.59. The first-order chi connectivity index (χ1) is 12.1. The fourth-order valence-electron chi connectivity index (χ4n) is 3.60. The van der Waals surface area contributed by atoms with Crippen LogP contribution in [-0.2, 0) is 4.79 Å². The Kier molecular flexibility index (Phi) is 5.58. The van der Waals surface area contributed by atoms with E-state index in [0.29, 0.717) is 19.0 Å². The maximum atomic E-state index is 11.9. The number of rotatable bonds is 7. The fourth-order valence-corrected chi connectivity index (χ4v) is 3.60. The van der Waals surface area contributed by atoms with E-state index < -0.39 is 0 Å². The predicted octanol–water partition coefficient (Wildman–Crippen LogP) is 2.44. The zero-order chi connectivity index (χ0) is 17.8. The summed E-state index contributed by atoms with van der Waals surface area (Å²) >= 11 is 0. The zero-order valence-electron chi connectivity index (χ0n) is 15.2. The summed E-state index contributed by atoms with van der Waals surface area (Å²) in [4.78, 5) is 29.8. The molecule has 0 saturated carbocycles. The molecule has 1 N–H and O–H groups in total. The Morgan fingerprint density at radius 2 is 1.64 bits per heavy atom. The van der Waals surface area contributed by atoms with Crippen molar-refractivity contribution in [2.45, 2.75) is 39.2 Å². The highest BCUT2D eigenvalue weighted by atomic mass is 16.2. The van der Waals surface area contributed by atoms with Gasteiger partial charge >= 0.3 is 6.03 Å². The Labute approximate surface area is 149 Å². The molecule has 3 amide bonds. The lowest BCUT2D eigenvalue weighted by atomic mass is 10.0. The monoisotopic (exact) mass is 344 g/mol. The third-order valence-corrected chi connectivity index (χ3v) is 4.98. The van der Waals surface area contributed by atoms with Crippen molar-refractivity contribution in [2.75, 3.05) is 42.5 Å². The molecular formula is C19H28N4O2. The Morgan fingerprint density at radius 3 is 2.20 bits per heavy atom. The molecule has 6 nitrogen and oxygen atoms in total. The Hall–Kier alpha value is -2.08. The van der Waals surface area contributed by atoms with Crippen molar-refractivity contribution in [1.29, 1.82) is 0 Å². The van der Waals surface area contributed by atoms with Crippen LogP contribution in [0.2, 0.25) is 0 Å².